The number of carbonyl (C=O) groups excluding carboxylic acids is 1. The van der Waals surface area contributed by atoms with Crippen LogP contribution in [0.2, 0.25) is 0 Å². The van der Waals surface area contributed by atoms with E-state index in [2.05, 4.69) is 10.2 Å². The average molecular weight is 443 g/mol. The van der Waals surface area contributed by atoms with Crippen molar-refractivity contribution in [2.45, 2.75) is 31.8 Å². The Kier molecular flexibility index (Phi) is 7.58. The van der Waals surface area contributed by atoms with Crippen molar-refractivity contribution in [2.75, 3.05) is 31.5 Å². The Hall–Kier alpha value is -2.95. The predicted molar refractivity (Wildman–Crippen MR) is 135 cm³/mol. The number of rotatable bonds is 9. The molecular weight excluding hydrogens is 408 g/mol. The molecule has 0 unspecified atom stereocenters. The van der Waals surface area contributed by atoms with Crippen molar-refractivity contribution >= 4 is 11.5 Å². The first-order valence-corrected chi connectivity index (χ1v) is 12.0. The Bertz CT molecular complexity index is 971. The second-order valence-electron chi connectivity index (χ2n) is 9.03. The van der Waals surface area contributed by atoms with Crippen LogP contribution in [0.15, 0.2) is 84.9 Å². The molecule has 3 aromatic rings. The molecule has 0 aliphatic carbocycles. The van der Waals surface area contributed by atoms with Gasteiger partial charge in [-0.25, -0.2) is 0 Å². The van der Waals surface area contributed by atoms with E-state index in [1.165, 1.54) is 0 Å². The molecule has 0 radical (unpaired) electrons. The summed E-state index contributed by atoms with van der Waals surface area (Å²) in [6.45, 7) is 5.53. The van der Waals surface area contributed by atoms with Crippen molar-refractivity contribution in [3.63, 3.8) is 0 Å². The maximum absolute atomic E-state index is 12.0. The quantitative estimate of drug-likeness (QED) is 0.347. The van der Waals surface area contributed by atoms with Crippen LogP contribution >= 0.6 is 0 Å². The van der Waals surface area contributed by atoms with Crippen LogP contribution in [0, 0.1) is 5.92 Å². The first-order chi connectivity index (χ1) is 16.1. The lowest BCUT2D eigenvalue weighted by Crippen LogP contribution is -2.44. The second-order valence-corrected chi connectivity index (χ2v) is 9.03. The number of likely N-dealkylation sites (tertiary alicyclic amines) is 1. The highest BCUT2D eigenvalue weighted by molar-refractivity contribution is 5.94. The van der Waals surface area contributed by atoms with Crippen molar-refractivity contribution < 1.29 is 9.90 Å². The van der Waals surface area contributed by atoms with Crippen molar-refractivity contribution in [2.24, 2.45) is 5.92 Å². The molecule has 0 aromatic heterocycles. The van der Waals surface area contributed by atoms with Crippen LogP contribution < -0.4 is 5.32 Å². The summed E-state index contributed by atoms with van der Waals surface area (Å²) in [6.07, 6.45) is 3.00. The Morgan fingerprint density at radius 1 is 0.909 bits per heavy atom. The van der Waals surface area contributed by atoms with E-state index in [-0.39, 0.29) is 11.7 Å². The molecule has 1 aliphatic heterocycles. The van der Waals surface area contributed by atoms with Gasteiger partial charge in [0.1, 0.15) is 5.60 Å². The van der Waals surface area contributed by atoms with E-state index in [1.807, 2.05) is 84.9 Å². The minimum absolute atomic E-state index is 0.0939. The first-order valence-electron chi connectivity index (χ1n) is 12.0. The Balaban J connectivity index is 1.30. The van der Waals surface area contributed by atoms with Gasteiger partial charge in [0.25, 0.3) is 0 Å². The highest BCUT2D eigenvalue weighted by Crippen LogP contribution is 2.41. The fourth-order valence-corrected chi connectivity index (χ4v) is 4.96. The third-order valence-electron chi connectivity index (χ3n) is 6.88. The molecule has 1 heterocycles. The summed E-state index contributed by atoms with van der Waals surface area (Å²) >= 11 is 0. The van der Waals surface area contributed by atoms with Gasteiger partial charge < -0.3 is 15.3 Å². The van der Waals surface area contributed by atoms with Crippen LogP contribution in [0.3, 0.4) is 0 Å². The number of anilines is 1. The van der Waals surface area contributed by atoms with Gasteiger partial charge in [0.05, 0.1) is 0 Å². The van der Waals surface area contributed by atoms with Gasteiger partial charge in [-0.1, -0.05) is 60.7 Å². The van der Waals surface area contributed by atoms with Gasteiger partial charge in [0, 0.05) is 17.8 Å². The van der Waals surface area contributed by atoms with Gasteiger partial charge in [0.2, 0.25) is 0 Å². The molecule has 1 fully saturated rings. The summed E-state index contributed by atoms with van der Waals surface area (Å²) in [5.41, 5.74) is 2.80. The number of aliphatic hydroxyl groups is 1. The van der Waals surface area contributed by atoms with Crippen molar-refractivity contribution in [3.05, 3.63) is 102 Å². The molecule has 3 aromatic carbocycles. The molecule has 33 heavy (non-hydrogen) atoms. The SMILES string of the molecule is CC(=O)c1ccc(NCCCN2CCC(C(O)(c3ccccc3)c3ccccc3)CC2)cc1. The molecule has 0 spiro atoms. The minimum atomic E-state index is -0.956. The van der Waals surface area contributed by atoms with Crippen LogP contribution in [0.1, 0.15) is 47.7 Å². The van der Waals surface area contributed by atoms with E-state index in [4.69, 9.17) is 0 Å². The number of hydrogen-bond acceptors (Lipinski definition) is 4. The maximum atomic E-state index is 12.0. The molecular formula is C29H34N2O2. The van der Waals surface area contributed by atoms with Gasteiger partial charge in [-0.3, -0.25) is 4.79 Å². The molecule has 1 saturated heterocycles. The molecule has 172 valence electrons. The molecule has 4 heteroatoms. The fraction of sp³-hybridized carbons (Fsp3) is 0.345. The Labute approximate surface area is 197 Å². The lowest BCUT2D eigenvalue weighted by Gasteiger charge is -2.42. The monoisotopic (exact) mass is 442 g/mol. The van der Waals surface area contributed by atoms with E-state index in [0.29, 0.717) is 0 Å². The van der Waals surface area contributed by atoms with Crippen molar-refractivity contribution in [1.29, 1.82) is 0 Å². The largest absolute Gasteiger partial charge is 0.385 e. The highest BCUT2D eigenvalue weighted by atomic mass is 16.3. The zero-order chi connectivity index (χ0) is 23.1. The number of Topliss-reactive ketones (excluding diaryl/α,β-unsaturated/α-hetero) is 1. The molecule has 4 rings (SSSR count). The first kappa shape index (κ1) is 23.2. The van der Waals surface area contributed by atoms with E-state index in [0.717, 1.165) is 67.8 Å². The molecule has 1 aliphatic rings. The van der Waals surface area contributed by atoms with Crippen LogP contribution in [0.4, 0.5) is 5.69 Å². The minimum Gasteiger partial charge on any atom is -0.385 e. The second kappa shape index (κ2) is 10.8. The standard InChI is InChI=1S/C29H34N2O2/c1-23(32)24-13-15-28(16-14-24)30-19-8-20-31-21-17-27(18-22-31)29(33,25-9-4-2-5-10-25)26-11-6-3-7-12-26/h2-7,9-16,27,30,33H,8,17-22H2,1H3. The number of ketones is 1. The summed E-state index contributed by atoms with van der Waals surface area (Å²) < 4.78 is 0. The van der Waals surface area contributed by atoms with Crippen LogP contribution in [0.25, 0.3) is 0 Å². The zero-order valence-corrected chi connectivity index (χ0v) is 19.4. The summed E-state index contributed by atoms with van der Waals surface area (Å²) in [6, 6.07) is 27.9. The van der Waals surface area contributed by atoms with E-state index in [1.54, 1.807) is 6.92 Å². The normalized spacial score (nSPS) is 15.3. The van der Waals surface area contributed by atoms with Crippen LogP contribution in [0.5, 0.6) is 0 Å². The van der Waals surface area contributed by atoms with Gasteiger partial charge in [-0.2, -0.15) is 0 Å². The number of piperidine rings is 1. The Morgan fingerprint density at radius 3 is 1.97 bits per heavy atom. The number of nitrogens with one attached hydrogen (secondary N) is 1. The lowest BCUT2D eigenvalue weighted by atomic mass is 9.72. The summed E-state index contributed by atoms with van der Waals surface area (Å²) in [4.78, 5) is 13.9. The smallest absolute Gasteiger partial charge is 0.159 e. The van der Waals surface area contributed by atoms with Gasteiger partial charge in [-0.05, 0) is 87.1 Å². The lowest BCUT2D eigenvalue weighted by molar-refractivity contribution is -0.0141. The van der Waals surface area contributed by atoms with Gasteiger partial charge in [-0.15, -0.1) is 0 Å². The molecule has 0 bridgehead atoms. The number of benzene rings is 3. The van der Waals surface area contributed by atoms with Crippen molar-refractivity contribution in [3.8, 4) is 0 Å². The van der Waals surface area contributed by atoms with Crippen LogP contribution in [-0.4, -0.2) is 42.0 Å². The third-order valence-corrected chi connectivity index (χ3v) is 6.88. The molecule has 4 nitrogen and oxygen atoms in total. The molecule has 0 saturated carbocycles. The molecule has 2 N–H and O–H groups in total. The van der Waals surface area contributed by atoms with E-state index >= 15 is 0 Å². The third kappa shape index (κ3) is 5.52. The molecule has 0 atom stereocenters. The van der Waals surface area contributed by atoms with Crippen LogP contribution in [-0.2, 0) is 5.60 Å². The zero-order valence-electron chi connectivity index (χ0n) is 19.4. The molecule has 0 amide bonds. The van der Waals surface area contributed by atoms with Gasteiger partial charge >= 0.3 is 0 Å². The predicted octanol–water partition coefficient (Wildman–Crippen LogP) is 5.34. The summed E-state index contributed by atoms with van der Waals surface area (Å²) in [5.74, 6) is 0.285. The highest BCUT2D eigenvalue weighted by Gasteiger charge is 2.41. The fourth-order valence-electron chi connectivity index (χ4n) is 4.96. The van der Waals surface area contributed by atoms with Gasteiger partial charge in [0.15, 0.2) is 5.78 Å². The summed E-state index contributed by atoms with van der Waals surface area (Å²) in [7, 11) is 0. The topological polar surface area (TPSA) is 52.6 Å². The van der Waals surface area contributed by atoms with Crippen molar-refractivity contribution in [1.82, 2.24) is 4.90 Å². The number of hydrogen-bond donors (Lipinski definition) is 2. The van der Waals surface area contributed by atoms with E-state index < -0.39 is 5.60 Å². The Morgan fingerprint density at radius 2 is 1.45 bits per heavy atom. The van der Waals surface area contributed by atoms with E-state index in [9.17, 15) is 9.90 Å². The number of carbonyl (C=O) groups is 1. The summed E-state index contributed by atoms with van der Waals surface area (Å²) in [5, 5.41) is 15.5. The number of nitrogens with zero attached hydrogens (tertiary/aromatic N) is 1. The maximum Gasteiger partial charge on any atom is 0.159 e. The average Bonchev–Trinajstić information content (AvgIpc) is 2.88.